The summed E-state index contributed by atoms with van der Waals surface area (Å²) in [7, 11) is 1.58. The summed E-state index contributed by atoms with van der Waals surface area (Å²) in [4.78, 5) is 0. The topological polar surface area (TPSA) is 38.7 Å². The Kier molecular flexibility index (Phi) is 4.20. The lowest BCUT2D eigenvalue weighted by atomic mass is 10.2. The summed E-state index contributed by atoms with van der Waals surface area (Å²) in [6.07, 6.45) is 0. The number of rotatable bonds is 5. The molecular formula is C15H16O3. The van der Waals surface area contributed by atoms with Gasteiger partial charge in [-0.15, -0.1) is 0 Å². The maximum Gasteiger partial charge on any atom is 0.124 e. The van der Waals surface area contributed by atoms with Crippen LogP contribution in [-0.2, 0) is 13.2 Å². The average molecular weight is 244 g/mol. The van der Waals surface area contributed by atoms with Crippen molar-refractivity contribution in [2.24, 2.45) is 0 Å². The van der Waals surface area contributed by atoms with Crippen LogP contribution in [0.15, 0.2) is 48.5 Å². The molecule has 0 amide bonds. The Hall–Kier alpha value is -2.00. The molecule has 0 spiro atoms. The van der Waals surface area contributed by atoms with E-state index in [4.69, 9.17) is 9.47 Å². The van der Waals surface area contributed by atoms with Crippen molar-refractivity contribution in [2.75, 3.05) is 7.11 Å². The molecule has 2 aromatic rings. The van der Waals surface area contributed by atoms with Crippen molar-refractivity contribution < 1.29 is 14.6 Å². The quantitative estimate of drug-likeness (QED) is 0.879. The summed E-state index contributed by atoms with van der Waals surface area (Å²) in [5.74, 6) is 1.40. The van der Waals surface area contributed by atoms with Gasteiger partial charge in [-0.3, -0.25) is 0 Å². The smallest absolute Gasteiger partial charge is 0.124 e. The van der Waals surface area contributed by atoms with Gasteiger partial charge in [-0.1, -0.05) is 30.3 Å². The Balaban J connectivity index is 2.06. The molecule has 0 aromatic heterocycles. The van der Waals surface area contributed by atoms with Gasteiger partial charge in [0.1, 0.15) is 18.1 Å². The molecule has 3 nitrogen and oxygen atoms in total. The second kappa shape index (κ2) is 6.07. The standard InChI is InChI=1S/C15H16O3/c1-17-15-8-7-14(9-13(15)10-16)18-11-12-5-3-2-4-6-12/h2-9,16H,10-11H2,1H3. The molecule has 0 atom stereocenters. The van der Waals surface area contributed by atoms with Crippen molar-refractivity contribution in [1.82, 2.24) is 0 Å². The number of aliphatic hydroxyl groups excluding tert-OH is 1. The van der Waals surface area contributed by atoms with E-state index in [0.717, 1.165) is 16.9 Å². The molecule has 3 heteroatoms. The summed E-state index contributed by atoms with van der Waals surface area (Å²) in [5.41, 5.74) is 1.84. The van der Waals surface area contributed by atoms with E-state index in [-0.39, 0.29) is 6.61 Å². The van der Waals surface area contributed by atoms with E-state index in [1.54, 1.807) is 19.2 Å². The highest BCUT2D eigenvalue weighted by atomic mass is 16.5. The average Bonchev–Trinajstić information content (AvgIpc) is 2.45. The maximum atomic E-state index is 9.22. The van der Waals surface area contributed by atoms with Crippen molar-refractivity contribution in [3.05, 3.63) is 59.7 Å². The molecule has 0 saturated heterocycles. The van der Waals surface area contributed by atoms with Gasteiger partial charge in [-0.25, -0.2) is 0 Å². The van der Waals surface area contributed by atoms with Gasteiger partial charge < -0.3 is 14.6 Å². The number of aliphatic hydroxyl groups is 1. The third-order valence-corrected chi connectivity index (χ3v) is 2.67. The van der Waals surface area contributed by atoms with Gasteiger partial charge in [0.05, 0.1) is 13.7 Å². The fraction of sp³-hybridized carbons (Fsp3) is 0.200. The third-order valence-electron chi connectivity index (χ3n) is 2.67. The minimum absolute atomic E-state index is 0.0638. The summed E-state index contributed by atoms with van der Waals surface area (Å²) in [6.45, 7) is 0.448. The van der Waals surface area contributed by atoms with Gasteiger partial charge in [0.15, 0.2) is 0 Å². The van der Waals surface area contributed by atoms with E-state index >= 15 is 0 Å². The fourth-order valence-corrected chi connectivity index (χ4v) is 1.71. The first-order chi connectivity index (χ1) is 8.83. The fourth-order valence-electron chi connectivity index (χ4n) is 1.71. The second-order valence-electron chi connectivity index (χ2n) is 3.91. The maximum absolute atomic E-state index is 9.22. The monoisotopic (exact) mass is 244 g/mol. The van der Waals surface area contributed by atoms with E-state index in [0.29, 0.717) is 12.4 Å². The van der Waals surface area contributed by atoms with E-state index in [1.165, 1.54) is 0 Å². The zero-order valence-electron chi connectivity index (χ0n) is 10.3. The Labute approximate surface area is 107 Å². The second-order valence-corrected chi connectivity index (χ2v) is 3.91. The number of hydrogen-bond acceptors (Lipinski definition) is 3. The van der Waals surface area contributed by atoms with Gasteiger partial charge in [-0.2, -0.15) is 0 Å². The molecule has 0 saturated carbocycles. The molecule has 0 aliphatic heterocycles. The molecule has 0 radical (unpaired) electrons. The van der Waals surface area contributed by atoms with E-state index in [1.807, 2.05) is 36.4 Å². The highest BCUT2D eigenvalue weighted by Gasteiger charge is 2.04. The third kappa shape index (κ3) is 3.02. The van der Waals surface area contributed by atoms with Crippen molar-refractivity contribution >= 4 is 0 Å². The van der Waals surface area contributed by atoms with Crippen LogP contribution in [0.2, 0.25) is 0 Å². The summed E-state index contributed by atoms with van der Waals surface area (Å²) in [6, 6.07) is 15.4. The minimum Gasteiger partial charge on any atom is -0.496 e. The summed E-state index contributed by atoms with van der Waals surface area (Å²) >= 11 is 0. The molecule has 2 rings (SSSR count). The number of ether oxygens (including phenoxy) is 2. The van der Waals surface area contributed by atoms with Crippen LogP contribution >= 0.6 is 0 Å². The first kappa shape index (κ1) is 12.5. The van der Waals surface area contributed by atoms with Gasteiger partial charge in [0.25, 0.3) is 0 Å². The van der Waals surface area contributed by atoms with Crippen LogP contribution in [-0.4, -0.2) is 12.2 Å². The van der Waals surface area contributed by atoms with Crippen molar-refractivity contribution in [1.29, 1.82) is 0 Å². The molecule has 94 valence electrons. The molecular weight excluding hydrogens is 228 g/mol. The largest absolute Gasteiger partial charge is 0.496 e. The Morgan fingerprint density at radius 1 is 1.06 bits per heavy atom. The number of benzene rings is 2. The Bertz CT molecular complexity index is 494. The SMILES string of the molecule is COc1ccc(OCc2ccccc2)cc1CO. The molecule has 18 heavy (non-hydrogen) atoms. The first-order valence-corrected chi connectivity index (χ1v) is 5.78. The van der Waals surface area contributed by atoms with Crippen LogP contribution in [0, 0.1) is 0 Å². The highest BCUT2D eigenvalue weighted by Crippen LogP contribution is 2.24. The van der Waals surface area contributed by atoms with Gasteiger partial charge >= 0.3 is 0 Å². The van der Waals surface area contributed by atoms with Crippen LogP contribution < -0.4 is 9.47 Å². The molecule has 0 bridgehead atoms. The number of hydrogen-bond donors (Lipinski definition) is 1. The van der Waals surface area contributed by atoms with Crippen LogP contribution in [0.4, 0.5) is 0 Å². The van der Waals surface area contributed by atoms with Crippen LogP contribution in [0.1, 0.15) is 11.1 Å². The predicted molar refractivity (Wildman–Crippen MR) is 69.7 cm³/mol. The van der Waals surface area contributed by atoms with Crippen molar-refractivity contribution in [3.8, 4) is 11.5 Å². The Morgan fingerprint density at radius 2 is 1.83 bits per heavy atom. The summed E-state index contributed by atoms with van der Waals surface area (Å²) < 4.78 is 10.8. The molecule has 0 heterocycles. The van der Waals surface area contributed by atoms with Crippen molar-refractivity contribution in [3.63, 3.8) is 0 Å². The zero-order chi connectivity index (χ0) is 12.8. The van der Waals surface area contributed by atoms with Gasteiger partial charge in [0, 0.05) is 5.56 Å². The molecule has 0 aliphatic carbocycles. The molecule has 1 N–H and O–H groups in total. The predicted octanol–water partition coefficient (Wildman–Crippen LogP) is 2.77. The van der Waals surface area contributed by atoms with E-state index in [2.05, 4.69) is 0 Å². The minimum atomic E-state index is -0.0638. The zero-order valence-corrected chi connectivity index (χ0v) is 10.3. The lowest BCUT2D eigenvalue weighted by Crippen LogP contribution is -1.97. The van der Waals surface area contributed by atoms with Crippen LogP contribution in [0.5, 0.6) is 11.5 Å². The molecule has 0 fully saturated rings. The molecule has 0 aliphatic rings. The number of methoxy groups -OCH3 is 1. The molecule has 2 aromatic carbocycles. The van der Waals surface area contributed by atoms with Crippen LogP contribution in [0.3, 0.4) is 0 Å². The first-order valence-electron chi connectivity index (χ1n) is 5.78. The normalized spacial score (nSPS) is 10.1. The molecule has 0 unspecified atom stereocenters. The van der Waals surface area contributed by atoms with Crippen molar-refractivity contribution in [2.45, 2.75) is 13.2 Å². The van der Waals surface area contributed by atoms with E-state index in [9.17, 15) is 5.11 Å². The lowest BCUT2D eigenvalue weighted by molar-refractivity contribution is 0.270. The lowest BCUT2D eigenvalue weighted by Gasteiger charge is -2.10. The van der Waals surface area contributed by atoms with Crippen LogP contribution in [0.25, 0.3) is 0 Å². The summed E-state index contributed by atoms with van der Waals surface area (Å²) in [5, 5.41) is 9.22. The van der Waals surface area contributed by atoms with E-state index < -0.39 is 0 Å². The van der Waals surface area contributed by atoms with Gasteiger partial charge in [0.2, 0.25) is 0 Å². The Morgan fingerprint density at radius 3 is 2.50 bits per heavy atom. The van der Waals surface area contributed by atoms with Gasteiger partial charge in [-0.05, 0) is 23.8 Å². The highest BCUT2D eigenvalue weighted by molar-refractivity contribution is 5.39.